The van der Waals surface area contributed by atoms with E-state index >= 15 is 0 Å². The average Bonchev–Trinajstić information content (AvgIpc) is 2.98. The predicted octanol–water partition coefficient (Wildman–Crippen LogP) is 2.91. The van der Waals surface area contributed by atoms with Crippen molar-refractivity contribution in [2.45, 2.75) is 77.4 Å². The Kier molecular flexibility index (Phi) is 5.54. The van der Waals surface area contributed by atoms with E-state index in [-0.39, 0.29) is 35.4 Å². The standard InChI is InChI=1S/C25H34O6/c1-4-5-21(29)31-14-20(28)25(30)11-9-18-17-7-6-15-12-16(26)8-10-23(15,2)22(17)19(27)13-24(18,25)3/h8,10,12,17-19,22,27,30H,4-7,9,11,13-14H2,1-3H3/t17-,18-,19?,22+,23-,24-,25-/m0/s1. The molecular formula is C25H34O6. The quantitative estimate of drug-likeness (QED) is 0.651. The first-order valence-corrected chi connectivity index (χ1v) is 11.6. The summed E-state index contributed by atoms with van der Waals surface area (Å²) in [5, 5.41) is 22.9. The van der Waals surface area contributed by atoms with E-state index in [1.165, 1.54) is 0 Å². The van der Waals surface area contributed by atoms with Gasteiger partial charge >= 0.3 is 5.97 Å². The molecule has 6 heteroatoms. The van der Waals surface area contributed by atoms with Crippen LogP contribution in [0.1, 0.15) is 65.7 Å². The van der Waals surface area contributed by atoms with E-state index in [2.05, 4.69) is 6.92 Å². The van der Waals surface area contributed by atoms with Crippen molar-refractivity contribution in [3.63, 3.8) is 0 Å². The molecule has 4 aliphatic rings. The molecule has 1 unspecified atom stereocenters. The van der Waals surface area contributed by atoms with Crippen LogP contribution >= 0.6 is 0 Å². The molecule has 6 nitrogen and oxygen atoms in total. The van der Waals surface area contributed by atoms with E-state index < -0.39 is 35.5 Å². The minimum atomic E-state index is -1.61. The zero-order chi connectivity index (χ0) is 22.6. The van der Waals surface area contributed by atoms with E-state index in [4.69, 9.17) is 4.74 Å². The third-order valence-electron chi connectivity index (χ3n) is 8.93. The first kappa shape index (κ1) is 22.4. The number of esters is 1. The molecule has 3 saturated carbocycles. The molecule has 4 rings (SSSR count). The molecule has 0 radical (unpaired) electrons. The van der Waals surface area contributed by atoms with E-state index in [0.29, 0.717) is 25.7 Å². The number of carbonyl (C=O) groups excluding carboxylic acids is 3. The van der Waals surface area contributed by atoms with Gasteiger partial charge in [-0.15, -0.1) is 0 Å². The Morgan fingerprint density at radius 2 is 2.00 bits per heavy atom. The minimum Gasteiger partial charge on any atom is -0.458 e. The van der Waals surface area contributed by atoms with Crippen LogP contribution in [0.15, 0.2) is 23.8 Å². The van der Waals surface area contributed by atoms with Crippen LogP contribution in [0.25, 0.3) is 0 Å². The van der Waals surface area contributed by atoms with Gasteiger partial charge in [0.15, 0.2) is 12.4 Å². The number of allylic oxidation sites excluding steroid dienone is 4. The summed E-state index contributed by atoms with van der Waals surface area (Å²) < 4.78 is 5.12. The fraction of sp³-hybridized carbons (Fsp3) is 0.720. The predicted molar refractivity (Wildman–Crippen MR) is 114 cm³/mol. The maximum absolute atomic E-state index is 13.1. The number of rotatable bonds is 5. The number of hydrogen-bond acceptors (Lipinski definition) is 6. The van der Waals surface area contributed by atoms with Gasteiger partial charge in [0.25, 0.3) is 0 Å². The van der Waals surface area contributed by atoms with Crippen molar-refractivity contribution in [3.05, 3.63) is 23.8 Å². The average molecular weight is 431 g/mol. The molecule has 31 heavy (non-hydrogen) atoms. The third kappa shape index (κ3) is 3.25. The van der Waals surface area contributed by atoms with Gasteiger partial charge in [-0.25, -0.2) is 0 Å². The lowest BCUT2D eigenvalue weighted by Gasteiger charge is -2.59. The summed E-state index contributed by atoms with van der Waals surface area (Å²) in [6, 6.07) is 0. The second-order valence-corrected chi connectivity index (χ2v) is 10.4. The molecule has 170 valence electrons. The van der Waals surface area contributed by atoms with Gasteiger partial charge in [-0.2, -0.15) is 0 Å². The molecule has 2 N–H and O–H groups in total. The second-order valence-electron chi connectivity index (χ2n) is 10.4. The lowest BCUT2D eigenvalue weighted by Crippen LogP contribution is -2.61. The molecule has 3 fully saturated rings. The molecule has 0 amide bonds. The maximum atomic E-state index is 13.1. The van der Waals surface area contributed by atoms with Gasteiger partial charge in [-0.05, 0) is 62.5 Å². The molecule has 0 bridgehead atoms. The molecule has 0 spiro atoms. The van der Waals surface area contributed by atoms with Crippen LogP contribution in [0.2, 0.25) is 0 Å². The maximum Gasteiger partial charge on any atom is 0.306 e. The van der Waals surface area contributed by atoms with E-state index in [0.717, 1.165) is 18.4 Å². The summed E-state index contributed by atoms with van der Waals surface area (Å²) in [6.45, 7) is 5.47. The van der Waals surface area contributed by atoms with Gasteiger partial charge in [-0.1, -0.05) is 32.4 Å². The Morgan fingerprint density at radius 3 is 2.71 bits per heavy atom. The summed E-state index contributed by atoms with van der Waals surface area (Å²) in [5.41, 5.74) is -1.67. The highest BCUT2D eigenvalue weighted by Gasteiger charge is 2.68. The molecule has 0 aromatic carbocycles. The summed E-state index contributed by atoms with van der Waals surface area (Å²) in [6.07, 6.45) is 8.42. The minimum absolute atomic E-state index is 0.000444. The Balaban J connectivity index is 1.60. The first-order chi connectivity index (χ1) is 14.6. The Hall–Kier alpha value is -1.79. The van der Waals surface area contributed by atoms with Gasteiger partial charge in [0.05, 0.1) is 6.10 Å². The number of Topliss-reactive ketones (excluding diaryl/α,β-unsaturated/α-hetero) is 1. The zero-order valence-corrected chi connectivity index (χ0v) is 18.7. The Labute approximate surface area is 183 Å². The van der Waals surface area contributed by atoms with Crippen molar-refractivity contribution in [3.8, 4) is 0 Å². The van der Waals surface area contributed by atoms with Crippen LogP contribution in [0.4, 0.5) is 0 Å². The Morgan fingerprint density at radius 1 is 1.26 bits per heavy atom. The largest absolute Gasteiger partial charge is 0.458 e. The first-order valence-electron chi connectivity index (χ1n) is 11.6. The van der Waals surface area contributed by atoms with E-state index in [1.807, 2.05) is 19.9 Å². The van der Waals surface area contributed by atoms with Crippen LogP contribution in [0.5, 0.6) is 0 Å². The second kappa shape index (κ2) is 7.66. The number of ether oxygens (including phenoxy) is 1. The lowest BCUT2D eigenvalue weighted by atomic mass is 9.46. The smallest absolute Gasteiger partial charge is 0.306 e. The van der Waals surface area contributed by atoms with Crippen molar-refractivity contribution >= 4 is 17.5 Å². The van der Waals surface area contributed by atoms with Crippen molar-refractivity contribution < 1.29 is 29.3 Å². The fourth-order valence-electron chi connectivity index (χ4n) is 7.33. The Bertz CT molecular complexity index is 858. The number of aliphatic hydroxyl groups is 2. The number of aliphatic hydroxyl groups excluding tert-OH is 1. The lowest BCUT2D eigenvalue weighted by molar-refractivity contribution is -0.181. The van der Waals surface area contributed by atoms with Crippen molar-refractivity contribution in [2.24, 2.45) is 28.6 Å². The number of ketones is 2. The van der Waals surface area contributed by atoms with Gasteiger partial charge in [0, 0.05) is 23.2 Å². The van der Waals surface area contributed by atoms with Crippen molar-refractivity contribution in [1.29, 1.82) is 0 Å². The normalized spacial score (nSPS) is 43.5. The monoisotopic (exact) mass is 430 g/mol. The van der Waals surface area contributed by atoms with Crippen LogP contribution in [0, 0.1) is 28.6 Å². The molecule has 0 aromatic heterocycles. The van der Waals surface area contributed by atoms with E-state index in [1.54, 1.807) is 12.2 Å². The third-order valence-corrected chi connectivity index (χ3v) is 8.93. The highest BCUT2D eigenvalue weighted by atomic mass is 16.5. The summed E-state index contributed by atoms with van der Waals surface area (Å²) >= 11 is 0. The number of carbonyl (C=O) groups is 3. The van der Waals surface area contributed by atoms with Crippen molar-refractivity contribution in [1.82, 2.24) is 0 Å². The topological polar surface area (TPSA) is 101 Å². The highest BCUT2D eigenvalue weighted by Crippen LogP contribution is 2.67. The van der Waals surface area contributed by atoms with Gasteiger partial charge in [0.1, 0.15) is 5.60 Å². The highest BCUT2D eigenvalue weighted by molar-refractivity contribution is 6.01. The zero-order valence-electron chi connectivity index (χ0n) is 18.7. The van der Waals surface area contributed by atoms with Gasteiger partial charge in [-0.3, -0.25) is 14.4 Å². The molecule has 0 saturated heterocycles. The van der Waals surface area contributed by atoms with Gasteiger partial charge < -0.3 is 14.9 Å². The van der Waals surface area contributed by atoms with Gasteiger partial charge in [0.2, 0.25) is 5.78 Å². The molecular weight excluding hydrogens is 396 g/mol. The molecule has 0 aromatic rings. The molecule has 0 aliphatic heterocycles. The number of hydrogen-bond donors (Lipinski definition) is 2. The molecule has 7 atom stereocenters. The van der Waals surface area contributed by atoms with Crippen molar-refractivity contribution in [2.75, 3.05) is 6.61 Å². The SMILES string of the molecule is CCCC(=O)OCC(=O)[C@@]1(O)CC[C@H]2[C@@H]3CCC4=CC(=O)C=C[C@]4(C)[C@H]3C(O)C[C@@]21C. The summed E-state index contributed by atoms with van der Waals surface area (Å²) in [7, 11) is 0. The summed E-state index contributed by atoms with van der Waals surface area (Å²) in [5.74, 6) is -0.697. The fourth-order valence-corrected chi connectivity index (χ4v) is 7.33. The summed E-state index contributed by atoms with van der Waals surface area (Å²) in [4.78, 5) is 36.7. The molecule has 0 heterocycles. The molecule has 4 aliphatic carbocycles. The van der Waals surface area contributed by atoms with Crippen LogP contribution in [-0.4, -0.2) is 46.1 Å². The van der Waals surface area contributed by atoms with Crippen LogP contribution in [0.3, 0.4) is 0 Å². The van der Waals surface area contributed by atoms with Crippen LogP contribution in [-0.2, 0) is 19.1 Å². The number of fused-ring (bicyclic) bond motifs is 5. The van der Waals surface area contributed by atoms with Crippen LogP contribution < -0.4 is 0 Å². The van der Waals surface area contributed by atoms with E-state index in [9.17, 15) is 24.6 Å².